The lowest BCUT2D eigenvalue weighted by Gasteiger charge is -2.12. The molecule has 0 aliphatic carbocycles. The van der Waals surface area contributed by atoms with E-state index in [0.29, 0.717) is 23.0 Å². The first-order chi connectivity index (χ1) is 10.7. The molecule has 0 radical (unpaired) electrons. The predicted molar refractivity (Wildman–Crippen MR) is 84.2 cm³/mol. The van der Waals surface area contributed by atoms with Crippen LogP contribution in [0.5, 0.6) is 0 Å². The molecule has 1 aromatic carbocycles. The summed E-state index contributed by atoms with van der Waals surface area (Å²) in [6.45, 7) is 1.02. The first kappa shape index (κ1) is 14.7. The normalized spacial score (nSPS) is 14.9. The molecule has 0 spiro atoms. The van der Waals surface area contributed by atoms with E-state index in [1.54, 1.807) is 10.6 Å². The Morgan fingerprint density at radius 2 is 2.36 bits per heavy atom. The smallest absolute Gasteiger partial charge is 0.317 e. The number of hydrogen-bond donors (Lipinski definition) is 0. The SMILES string of the molecule is C#CCn1c(=NC(=O)C2=COCCO2)sc2cccc(Cl)c21. The number of halogens is 1. The fourth-order valence-electron chi connectivity index (χ4n) is 2.03. The third kappa shape index (κ3) is 2.73. The number of aromatic nitrogens is 1. The van der Waals surface area contributed by atoms with Crippen LogP contribution in [0.1, 0.15) is 0 Å². The van der Waals surface area contributed by atoms with Gasteiger partial charge < -0.3 is 14.0 Å². The lowest BCUT2D eigenvalue weighted by Crippen LogP contribution is -2.19. The lowest BCUT2D eigenvalue weighted by atomic mass is 10.3. The van der Waals surface area contributed by atoms with Crippen LogP contribution >= 0.6 is 22.9 Å². The highest BCUT2D eigenvalue weighted by Crippen LogP contribution is 2.25. The van der Waals surface area contributed by atoms with Gasteiger partial charge in [-0.25, -0.2) is 0 Å². The Labute approximate surface area is 135 Å². The monoisotopic (exact) mass is 334 g/mol. The zero-order chi connectivity index (χ0) is 15.5. The molecule has 1 aliphatic heterocycles. The van der Waals surface area contributed by atoms with Gasteiger partial charge in [-0.15, -0.1) is 6.42 Å². The number of nitrogens with zero attached hydrogens (tertiary/aromatic N) is 2. The third-order valence-corrected chi connectivity index (χ3v) is 4.31. The highest BCUT2D eigenvalue weighted by molar-refractivity contribution is 7.16. The van der Waals surface area contributed by atoms with Crippen molar-refractivity contribution in [1.82, 2.24) is 4.57 Å². The Bertz CT molecular complexity index is 873. The van der Waals surface area contributed by atoms with Crippen molar-refractivity contribution in [3.63, 3.8) is 0 Å². The number of benzene rings is 1. The largest absolute Gasteiger partial charge is 0.494 e. The number of carbonyl (C=O) groups excluding carboxylic acids is 1. The molecule has 1 aromatic heterocycles. The van der Waals surface area contributed by atoms with Gasteiger partial charge in [0.15, 0.2) is 4.80 Å². The molecule has 22 heavy (non-hydrogen) atoms. The summed E-state index contributed by atoms with van der Waals surface area (Å²) in [5.74, 6) is 2.13. The van der Waals surface area contributed by atoms with Crippen LogP contribution in [0.3, 0.4) is 0 Å². The van der Waals surface area contributed by atoms with E-state index in [1.165, 1.54) is 17.6 Å². The summed E-state index contributed by atoms with van der Waals surface area (Å²) in [6.07, 6.45) is 6.69. The van der Waals surface area contributed by atoms with Crippen molar-refractivity contribution in [3.05, 3.63) is 40.0 Å². The second-order valence-corrected chi connectivity index (χ2v) is 5.80. The summed E-state index contributed by atoms with van der Waals surface area (Å²) in [5.41, 5.74) is 0.772. The molecule has 1 amide bonds. The van der Waals surface area contributed by atoms with E-state index in [9.17, 15) is 4.79 Å². The third-order valence-electron chi connectivity index (χ3n) is 2.96. The fraction of sp³-hybridized carbons (Fsp3) is 0.200. The van der Waals surface area contributed by atoms with Gasteiger partial charge in [0.05, 0.1) is 21.8 Å². The number of para-hydroxylation sites is 1. The number of fused-ring (bicyclic) bond motifs is 1. The molecule has 1 aliphatic rings. The Morgan fingerprint density at radius 3 is 3.09 bits per heavy atom. The maximum absolute atomic E-state index is 12.2. The van der Waals surface area contributed by atoms with E-state index in [1.807, 2.05) is 12.1 Å². The molecule has 0 saturated heterocycles. The molecular weight excluding hydrogens is 324 g/mol. The molecule has 2 aromatic rings. The first-order valence-electron chi connectivity index (χ1n) is 6.45. The molecule has 7 heteroatoms. The Balaban J connectivity index is 2.14. The first-order valence-corrected chi connectivity index (χ1v) is 7.65. The zero-order valence-electron chi connectivity index (χ0n) is 11.4. The van der Waals surface area contributed by atoms with E-state index in [-0.39, 0.29) is 12.3 Å². The van der Waals surface area contributed by atoms with Crippen LogP contribution in [-0.2, 0) is 20.8 Å². The lowest BCUT2D eigenvalue weighted by molar-refractivity contribution is -0.119. The van der Waals surface area contributed by atoms with Crippen LogP contribution in [0.15, 0.2) is 35.2 Å². The summed E-state index contributed by atoms with van der Waals surface area (Å²) in [4.78, 5) is 16.7. The number of terminal acetylenes is 1. The number of rotatable bonds is 2. The minimum absolute atomic E-state index is 0.0852. The number of amides is 1. The molecule has 2 heterocycles. The van der Waals surface area contributed by atoms with Crippen LogP contribution in [0, 0.1) is 12.3 Å². The average molecular weight is 335 g/mol. The minimum Gasteiger partial charge on any atom is -0.494 e. The van der Waals surface area contributed by atoms with Crippen molar-refractivity contribution < 1.29 is 14.3 Å². The van der Waals surface area contributed by atoms with Crippen molar-refractivity contribution >= 4 is 39.1 Å². The van der Waals surface area contributed by atoms with Gasteiger partial charge in [-0.2, -0.15) is 4.99 Å². The van der Waals surface area contributed by atoms with Crippen molar-refractivity contribution in [1.29, 1.82) is 0 Å². The van der Waals surface area contributed by atoms with Crippen molar-refractivity contribution in [2.45, 2.75) is 6.54 Å². The van der Waals surface area contributed by atoms with Crippen molar-refractivity contribution in [2.24, 2.45) is 4.99 Å². The van der Waals surface area contributed by atoms with Gasteiger partial charge in [-0.05, 0) is 12.1 Å². The number of carbonyl (C=O) groups is 1. The predicted octanol–water partition coefficient (Wildman–Crippen LogP) is 2.30. The number of thiazole rings is 1. The second kappa shape index (κ2) is 6.26. The quantitative estimate of drug-likeness (QED) is 0.792. The molecule has 0 fully saturated rings. The molecule has 0 unspecified atom stereocenters. The maximum Gasteiger partial charge on any atom is 0.317 e. The summed E-state index contributed by atoms with van der Waals surface area (Å²) in [7, 11) is 0. The summed E-state index contributed by atoms with van der Waals surface area (Å²) < 4.78 is 13.0. The molecule has 0 N–H and O–H groups in total. The van der Waals surface area contributed by atoms with Crippen molar-refractivity contribution in [2.75, 3.05) is 13.2 Å². The van der Waals surface area contributed by atoms with Gasteiger partial charge in [0.25, 0.3) is 0 Å². The maximum atomic E-state index is 12.2. The highest BCUT2D eigenvalue weighted by Gasteiger charge is 2.16. The van der Waals surface area contributed by atoms with Gasteiger partial charge in [-0.1, -0.05) is 34.9 Å². The minimum atomic E-state index is -0.506. The van der Waals surface area contributed by atoms with Crippen molar-refractivity contribution in [3.8, 4) is 12.3 Å². The van der Waals surface area contributed by atoms with Crippen LogP contribution in [0.4, 0.5) is 0 Å². The Hall–Kier alpha value is -2.23. The van der Waals surface area contributed by atoms with E-state index in [0.717, 1.165) is 10.2 Å². The average Bonchev–Trinajstić information content (AvgIpc) is 2.87. The van der Waals surface area contributed by atoms with Gasteiger partial charge in [0, 0.05) is 0 Å². The molecule has 0 atom stereocenters. The summed E-state index contributed by atoms with van der Waals surface area (Å²) in [6, 6.07) is 5.52. The fourth-order valence-corrected chi connectivity index (χ4v) is 3.42. The molecular formula is C15H11ClN2O3S. The zero-order valence-corrected chi connectivity index (χ0v) is 13.0. The van der Waals surface area contributed by atoms with Gasteiger partial charge >= 0.3 is 5.91 Å². The standard InChI is InChI=1S/C15H11ClN2O3S/c1-2-6-18-13-10(16)4-3-5-12(13)22-15(18)17-14(19)11-9-20-7-8-21-11/h1,3-5,9H,6-8H2. The molecule has 5 nitrogen and oxygen atoms in total. The molecule has 112 valence electrons. The van der Waals surface area contributed by atoms with Crippen LogP contribution in [0.2, 0.25) is 5.02 Å². The Morgan fingerprint density at radius 1 is 1.50 bits per heavy atom. The van der Waals surface area contributed by atoms with Gasteiger partial charge in [0.1, 0.15) is 19.5 Å². The van der Waals surface area contributed by atoms with E-state index in [2.05, 4.69) is 10.9 Å². The highest BCUT2D eigenvalue weighted by atomic mass is 35.5. The summed E-state index contributed by atoms with van der Waals surface area (Å²) in [5, 5.41) is 0.564. The number of hydrogen-bond acceptors (Lipinski definition) is 4. The topological polar surface area (TPSA) is 52.8 Å². The second-order valence-electron chi connectivity index (χ2n) is 4.38. The van der Waals surface area contributed by atoms with E-state index >= 15 is 0 Å². The molecule has 0 bridgehead atoms. The Kier molecular flexibility index (Phi) is 4.18. The summed E-state index contributed by atoms with van der Waals surface area (Å²) >= 11 is 7.57. The van der Waals surface area contributed by atoms with Gasteiger partial charge in [-0.3, -0.25) is 4.79 Å². The van der Waals surface area contributed by atoms with E-state index < -0.39 is 5.91 Å². The van der Waals surface area contributed by atoms with Crippen LogP contribution in [0.25, 0.3) is 10.2 Å². The van der Waals surface area contributed by atoms with Crippen LogP contribution < -0.4 is 4.80 Å². The van der Waals surface area contributed by atoms with Gasteiger partial charge in [0.2, 0.25) is 5.76 Å². The van der Waals surface area contributed by atoms with Crippen LogP contribution in [-0.4, -0.2) is 23.7 Å². The molecule has 0 saturated carbocycles. The van der Waals surface area contributed by atoms with E-state index in [4.69, 9.17) is 27.5 Å². The molecule has 3 rings (SSSR count). The number of ether oxygens (including phenoxy) is 2.